The van der Waals surface area contributed by atoms with Crippen molar-refractivity contribution in [2.24, 2.45) is 0 Å². The molecule has 0 bridgehead atoms. The monoisotopic (exact) mass is 290 g/mol. The Bertz CT molecular complexity index is 504. The van der Waals surface area contributed by atoms with Gasteiger partial charge in [-0.05, 0) is 41.7 Å². The molecule has 0 N–H and O–H groups in total. The standard InChI is InChI=1S/C16H19Br/c1-5-8-12-11(6-2)15-13(16(12,3)4)9-7-10-14(15)17/h6-10H,5H2,1-4H3/b11-6?,12-8+. The van der Waals surface area contributed by atoms with Crippen molar-refractivity contribution in [3.05, 3.63) is 51.5 Å². The molecule has 90 valence electrons. The zero-order valence-corrected chi connectivity index (χ0v) is 12.6. The van der Waals surface area contributed by atoms with Crippen molar-refractivity contribution >= 4 is 21.5 Å². The molecule has 0 atom stereocenters. The molecular formula is C16H19Br. The molecule has 0 heterocycles. The quantitative estimate of drug-likeness (QED) is 0.642. The summed E-state index contributed by atoms with van der Waals surface area (Å²) >= 11 is 3.69. The Morgan fingerprint density at radius 2 is 2.00 bits per heavy atom. The topological polar surface area (TPSA) is 0 Å². The molecule has 2 rings (SSSR count). The van der Waals surface area contributed by atoms with Crippen molar-refractivity contribution in [3.8, 4) is 0 Å². The van der Waals surface area contributed by atoms with E-state index in [0.29, 0.717) is 0 Å². The van der Waals surface area contributed by atoms with E-state index in [-0.39, 0.29) is 5.41 Å². The highest BCUT2D eigenvalue weighted by molar-refractivity contribution is 9.10. The van der Waals surface area contributed by atoms with Crippen LogP contribution < -0.4 is 0 Å². The smallest absolute Gasteiger partial charge is 0.0256 e. The first kappa shape index (κ1) is 12.6. The first-order valence-corrected chi connectivity index (χ1v) is 7.00. The van der Waals surface area contributed by atoms with Crippen molar-refractivity contribution in [2.45, 2.75) is 39.5 Å². The van der Waals surface area contributed by atoms with E-state index in [1.165, 1.54) is 26.7 Å². The van der Waals surface area contributed by atoms with Crippen molar-refractivity contribution in [1.82, 2.24) is 0 Å². The lowest BCUT2D eigenvalue weighted by atomic mass is 9.82. The van der Waals surface area contributed by atoms with E-state index in [1.54, 1.807) is 0 Å². The van der Waals surface area contributed by atoms with E-state index in [0.717, 1.165) is 6.42 Å². The second-order valence-corrected chi connectivity index (χ2v) is 5.87. The molecule has 1 aromatic carbocycles. The van der Waals surface area contributed by atoms with E-state index < -0.39 is 0 Å². The summed E-state index contributed by atoms with van der Waals surface area (Å²) in [6, 6.07) is 6.51. The van der Waals surface area contributed by atoms with Crippen LogP contribution in [0.15, 0.2) is 40.4 Å². The van der Waals surface area contributed by atoms with Crippen molar-refractivity contribution < 1.29 is 0 Å². The van der Waals surface area contributed by atoms with Gasteiger partial charge in [-0.3, -0.25) is 0 Å². The van der Waals surface area contributed by atoms with Gasteiger partial charge in [-0.1, -0.05) is 61.0 Å². The number of halogens is 1. The lowest BCUT2D eigenvalue weighted by molar-refractivity contribution is 0.657. The summed E-state index contributed by atoms with van der Waals surface area (Å²) in [4.78, 5) is 0. The van der Waals surface area contributed by atoms with E-state index in [2.05, 4.69) is 74.0 Å². The molecule has 0 aliphatic heterocycles. The summed E-state index contributed by atoms with van der Waals surface area (Å²) in [5.74, 6) is 0. The van der Waals surface area contributed by atoms with Gasteiger partial charge in [0, 0.05) is 9.89 Å². The van der Waals surface area contributed by atoms with Gasteiger partial charge in [-0.15, -0.1) is 0 Å². The maximum absolute atomic E-state index is 3.69. The summed E-state index contributed by atoms with van der Waals surface area (Å²) in [5, 5.41) is 0. The van der Waals surface area contributed by atoms with Crippen LogP contribution in [0, 0.1) is 0 Å². The second-order valence-electron chi connectivity index (χ2n) is 5.02. The Kier molecular flexibility index (Phi) is 3.31. The van der Waals surface area contributed by atoms with E-state index in [4.69, 9.17) is 0 Å². The molecule has 1 aromatic rings. The molecule has 0 radical (unpaired) electrons. The minimum atomic E-state index is 0.122. The minimum absolute atomic E-state index is 0.122. The third-order valence-electron chi connectivity index (χ3n) is 3.62. The number of fused-ring (bicyclic) bond motifs is 1. The first-order valence-electron chi connectivity index (χ1n) is 6.20. The van der Waals surface area contributed by atoms with Gasteiger partial charge in [0.2, 0.25) is 0 Å². The lowest BCUT2D eigenvalue weighted by Gasteiger charge is -2.22. The highest BCUT2D eigenvalue weighted by atomic mass is 79.9. The number of allylic oxidation sites excluding steroid dienone is 4. The van der Waals surface area contributed by atoms with E-state index >= 15 is 0 Å². The van der Waals surface area contributed by atoms with Gasteiger partial charge in [0.25, 0.3) is 0 Å². The van der Waals surface area contributed by atoms with Crippen molar-refractivity contribution in [2.75, 3.05) is 0 Å². The van der Waals surface area contributed by atoms with Gasteiger partial charge in [0.15, 0.2) is 0 Å². The van der Waals surface area contributed by atoms with E-state index in [9.17, 15) is 0 Å². The fourth-order valence-corrected chi connectivity index (χ4v) is 3.38. The summed E-state index contributed by atoms with van der Waals surface area (Å²) in [5.41, 5.74) is 5.78. The normalized spacial score (nSPS) is 22.2. The van der Waals surface area contributed by atoms with Crippen molar-refractivity contribution in [3.63, 3.8) is 0 Å². The summed E-state index contributed by atoms with van der Waals surface area (Å²) < 4.78 is 1.20. The number of hydrogen-bond acceptors (Lipinski definition) is 0. The van der Waals surface area contributed by atoms with E-state index in [1.807, 2.05) is 0 Å². The fourth-order valence-electron chi connectivity index (χ4n) is 2.80. The molecule has 0 amide bonds. The highest BCUT2D eigenvalue weighted by Gasteiger charge is 2.38. The average Bonchev–Trinajstić information content (AvgIpc) is 2.51. The zero-order chi connectivity index (χ0) is 12.6. The van der Waals surface area contributed by atoms with Crippen LogP contribution in [0.2, 0.25) is 0 Å². The van der Waals surface area contributed by atoms with Gasteiger partial charge in [-0.25, -0.2) is 0 Å². The van der Waals surface area contributed by atoms with Gasteiger partial charge < -0.3 is 0 Å². The largest absolute Gasteiger partial charge is 0.0801 e. The van der Waals surface area contributed by atoms with Crippen LogP contribution in [0.5, 0.6) is 0 Å². The molecule has 1 aliphatic rings. The average molecular weight is 291 g/mol. The van der Waals surface area contributed by atoms with Crippen LogP contribution in [0.3, 0.4) is 0 Å². The molecule has 17 heavy (non-hydrogen) atoms. The predicted molar refractivity (Wildman–Crippen MR) is 79.2 cm³/mol. The molecule has 0 aromatic heterocycles. The van der Waals surface area contributed by atoms with Gasteiger partial charge in [0.05, 0.1) is 0 Å². The van der Waals surface area contributed by atoms with Crippen LogP contribution in [-0.4, -0.2) is 0 Å². The SMILES string of the molecule is CC=C1/C(=C\CC)C(C)(C)c2cccc(Br)c21. The molecular weight excluding hydrogens is 272 g/mol. The number of hydrogen-bond donors (Lipinski definition) is 0. The zero-order valence-electron chi connectivity index (χ0n) is 11.0. The Labute approximate surface area is 113 Å². The minimum Gasteiger partial charge on any atom is -0.0801 e. The van der Waals surface area contributed by atoms with Gasteiger partial charge in [0.1, 0.15) is 0 Å². The third-order valence-corrected chi connectivity index (χ3v) is 4.28. The van der Waals surface area contributed by atoms with Crippen LogP contribution >= 0.6 is 15.9 Å². The Morgan fingerprint density at radius 3 is 2.59 bits per heavy atom. The lowest BCUT2D eigenvalue weighted by Crippen LogP contribution is -2.15. The Balaban J connectivity index is 2.77. The molecule has 0 spiro atoms. The molecule has 0 fully saturated rings. The summed E-state index contributed by atoms with van der Waals surface area (Å²) in [6.07, 6.45) is 5.68. The highest BCUT2D eigenvalue weighted by Crippen LogP contribution is 2.51. The predicted octanol–water partition coefficient (Wildman–Crippen LogP) is 5.48. The van der Waals surface area contributed by atoms with Crippen molar-refractivity contribution in [1.29, 1.82) is 0 Å². The van der Waals surface area contributed by atoms with Gasteiger partial charge >= 0.3 is 0 Å². The Hall–Kier alpha value is -0.820. The second kappa shape index (κ2) is 4.45. The molecule has 0 unspecified atom stereocenters. The van der Waals surface area contributed by atoms with Crippen LogP contribution in [-0.2, 0) is 5.41 Å². The molecule has 0 saturated carbocycles. The van der Waals surface area contributed by atoms with Crippen LogP contribution in [0.25, 0.3) is 5.57 Å². The van der Waals surface area contributed by atoms with Crippen LogP contribution in [0.1, 0.15) is 45.2 Å². The maximum Gasteiger partial charge on any atom is 0.0256 e. The number of benzene rings is 1. The molecule has 1 heteroatoms. The van der Waals surface area contributed by atoms with Crippen LogP contribution in [0.4, 0.5) is 0 Å². The molecule has 0 saturated heterocycles. The fraction of sp³-hybridized carbons (Fsp3) is 0.375. The third kappa shape index (κ3) is 1.81. The molecule has 0 nitrogen and oxygen atoms in total. The maximum atomic E-state index is 3.69. The Morgan fingerprint density at radius 1 is 1.29 bits per heavy atom. The summed E-state index contributed by atoms with van der Waals surface area (Å²) in [6.45, 7) is 8.96. The summed E-state index contributed by atoms with van der Waals surface area (Å²) in [7, 11) is 0. The molecule has 1 aliphatic carbocycles. The first-order chi connectivity index (χ1) is 8.04. The number of rotatable bonds is 1. The van der Waals surface area contributed by atoms with Gasteiger partial charge in [-0.2, -0.15) is 0 Å².